The number of amides is 3. The molecule has 2 rings (SSSR count). The minimum Gasteiger partial charge on any atom is -0.451 e. The van der Waals surface area contributed by atoms with Crippen LogP contribution < -0.4 is 10.6 Å². The number of hydrogen-bond acceptors (Lipinski definition) is 5. The van der Waals surface area contributed by atoms with E-state index >= 15 is 0 Å². The van der Waals surface area contributed by atoms with E-state index in [1.165, 1.54) is 17.8 Å². The summed E-state index contributed by atoms with van der Waals surface area (Å²) in [6.07, 6.45) is 7.18. The summed E-state index contributed by atoms with van der Waals surface area (Å²) in [5, 5.41) is 4.99. The molecule has 1 aliphatic carbocycles. The zero-order chi connectivity index (χ0) is 18.2. The second-order valence-electron chi connectivity index (χ2n) is 6.37. The van der Waals surface area contributed by atoms with Crippen molar-refractivity contribution >= 4 is 29.2 Å². The maximum atomic E-state index is 12.0. The van der Waals surface area contributed by atoms with Crippen LogP contribution in [0.1, 0.15) is 65.6 Å². The first-order chi connectivity index (χ1) is 12.0. The Hall–Kier alpha value is -1.89. The maximum Gasteiger partial charge on any atom is 0.348 e. The fourth-order valence-corrected chi connectivity index (χ4v) is 3.94. The average Bonchev–Trinajstić information content (AvgIpc) is 2.95. The quantitative estimate of drug-likeness (QED) is 0.757. The smallest absolute Gasteiger partial charge is 0.348 e. The van der Waals surface area contributed by atoms with Crippen molar-refractivity contribution in [3.05, 3.63) is 21.4 Å². The van der Waals surface area contributed by atoms with Crippen LogP contribution in [-0.2, 0) is 16.0 Å². The van der Waals surface area contributed by atoms with Crippen LogP contribution in [0.15, 0.2) is 6.07 Å². The molecule has 7 heteroatoms. The molecule has 138 valence electrons. The molecule has 1 aromatic rings. The van der Waals surface area contributed by atoms with Gasteiger partial charge in [0.2, 0.25) is 0 Å². The van der Waals surface area contributed by atoms with Gasteiger partial charge in [-0.1, -0.05) is 32.6 Å². The van der Waals surface area contributed by atoms with Gasteiger partial charge in [0.25, 0.3) is 5.91 Å². The van der Waals surface area contributed by atoms with Crippen molar-refractivity contribution in [2.24, 2.45) is 0 Å². The third-order valence-electron chi connectivity index (χ3n) is 4.27. The molecule has 3 amide bonds. The first-order valence-corrected chi connectivity index (χ1v) is 9.68. The van der Waals surface area contributed by atoms with Crippen LogP contribution in [0.3, 0.4) is 0 Å². The highest BCUT2D eigenvalue weighted by Gasteiger charge is 2.18. The lowest BCUT2D eigenvalue weighted by atomic mass is 9.96. The van der Waals surface area contributed by atoms with Crippen molar-refractivity contribution in [2.75, 3.05) is 6.61 Å². The zero-order valence-corrected chi connectivity index (χ0v) is 15.7. The molecule has 0 saturated heterocycles. The van der Waals surface area contributed by atoms with E-state index < -0.39 is 24.5 Å². The van der Waals surface area contributed by atoms with Gasteiger partial charge < -0.3 is 10.1 Å². The van der Waals surface area contributed by atoms with Gasteiger partial charge in [-0.05, 0) is 37.8 Å². The van der Waals surface area contributed by atoms with E-state index in [0.29, 0.717) is 4.88 Å². The fourth-order valence-electron chi connectivity index (χ4n) is 2.97. The first kappa shape index (κ1) is 19.4. The van der Waals surface area contributed by atoms with Gasteiger partial charge in [-0.2, -0.15) is 0 Å². The number of aryl methyl sites for hydroxylation is 2. The minimum absolute atomic E-state index is 0.121. The third kappa shape index (κ3) is 6.16. The summed E-state index contributed by atoms with van der Waals surface area (Å²) in [5.41, 5.74) is 1.13. The second kappa shape index (κ2) is 9.56. The van der Waals surface area contributed by atoms with E-state index in [1.807, 2.05) is 13.0 Å². The number of nitrogens with one attached hydrogen (secondary N) is 2. The molecule has 2 N–H and O–H groups in total. The first-order valence-electron chi connectivity index (χ1n) is 8.86. The number of esters is 1. The molecule has 0 bridgehead atoms. The fraction of sp³-hybridized carbons (Fsp3) is 0.611. The molecule has 0 aromatic carbocycles. The number of thiophene rings is 1. The molecule has 0 aliphatic heterocycles. The molecule has 1 aromatic heterocycles. The molecule has 0 atom stereocenters. The van der Waals surface area contributed by atoms with Crippen molar-refractivity contribution in [2.45, 2.75) is 64.8 Å². The number of urea groups is 1. The van der Waals surface area contributed by atoms with Gasteiger partial charge in [-0.3, -0.25) is 10.1 Å². The van der Waals surface area contributed by atoms with Crippen molar-refractivity contribution in [3.63, 3.8) is 0 Å². The van der Waals surface area contributed by atoms with Crippen LogP contribution in [-0.4, -0.2) is 30.6 Å². The summed E-state index contributed by atoms with van der Waals surface area (Å²) in [7, 11) is 0. The van der Waals surface area contributed by atoms with E-state index in [4.69, 9.17) is 4.74 Å². The lowest BCUT2D eigenvalue weighted by Gasteiger charge is -2.22. The lowest BCUT2D eigenvalue weighted by Crippen LogP contribution is -2.46. The molecule has 6 nitrogen and oxygen atoms in total. The Labute approximate surface area is 152 Å². The van der Waals surface area contributed by atoms with Crippen LogP contribution in [0, 0.1) is 6.92 Å². The van der Waals surface area contributed by atoms with Crippen molar-refractivity contribution in [1.29, 1.82) is 0 Å². The average molecular weight is 366 g/mol. The van der Waals surface area contributed by atoms with E-state index in [9.17, 15) is 14.4 Å². The summed E-state index contributed by atoms with van der Waals surface area (Å²) in [5.74, 6) is -1.15. The Morgan fingerprint density at radius 1 is 1.24 bits per heavy atom. The van der Waals surface area contributed by atoms with Crippen LogP contribution in [0.4, 0.5) is 4.79 Å². The van der Waals surface area contributed by atoms with Crippen molar-refractivity contribution < 1.29 is 19.1 Å². The SMILES string of the molecule is CCCc1cc(C(=O)OCC(=O)NC(=O)NC2CCCCC2)sc1C. The lowest BCUT2D eigenvalue weighted by molar-refractivity contribution is -0.123. The Bertz CT molecular complexity index is 621. The van der Waals surface area contributed by atoms with Gasteiger partial charge >= 0.3 is 12.0 Å². The summed E-state index contributed by atoms with van der Waals surface area (Å²) in [4.78, 5) is 37.1. The van der Waals surface area contributed by atoms with Gasteiger partial charge in [-0.25, -0.2) is 9.59 Å². The second-order valence-corrected chi connectivity index (χ2v) is 7.63. The van der Waals surface area contributed by atoms with Gasteiger partial charge in [0.1, 0.15) is 4.88 Å². The molecule has 25 heavy (non-hydrogen) atoms. The van der Waals surface area contributed by atoms with E-state index in [2.05, 4.69) is 17.6 Å². The van der Waals surface area contributed by atoms with Crippen LogP contribution >= 0.6 is 11.3 Å². The van der Waals surface area contributed by atoms with Gasteiger partial charge in [0.15, 0.2) is 6.61 Å². The molecule has 0 unspecified atom stereocenters. The Morgan fingerprint density at radius 2 is 1.96 bits per heavy atom. The van der Waals surface area contributed by atoms with E-state index in [0.717, 1.165) is 49.0 Å². The molecule has 1 saturated carbocycles. The molecule has 0 spiro atoms. The number of carbonyl (C=O) groups is 3. The van der Waals surface area contributed by atoms with Crippen LogP contribution in [0.5, 0.6) is 0 Å². The number of hydrogen-bond donors (Lipinski definition) is 2. The standard InChI is InChI=1S/C18H26N2O4S/c1-3-7-13-10-15(25-12(13)2)17(22)24-11-16(21)20-18(23)19-14-8-5-4-6-9-14/h10,14H,3-9,11H2,1-2H3,(H2,19,20,21,23). The van der Waals surface area contributed by atoms with Crippen molar-refractivity contribution in [3.8, 4) is 0 Å². The highest BCUT2D eigenvalue weighted by Crippen LogP contribution is 2.23. The molecule has 1 fully saturated rings. The van der Waals surface area contributed by atoms with Gasteiger partial charge in [0.05, 0.1) is 0 Å². The Morgan fingerprint density at radius 3 is 2.64 bits per heavy atom. The Balaban J connectivity index is 1.74. The van der Waals surface area contributed by atoms with Gasteiger partial charge in [0, 0.05) is 10.9 Å². The molecular weight excluding hydrogens is 340 g/mol. The largest absolute Gasteiger partial charge is 0.451 e. The summed E-state index contributed by atoms with van der Waals surface area (Å²) in [6, 6.07) is 1.42. The van der Waals surface area contributed by atoms with E-state index in [-0.39, 0.29) is 6.04 Å². The zero-order valence-electron chi connectivity index (χ0n) is 14.9. The summed E-state index contributed by atoms with van der Waals surface area (Å²) in [6.45, 7) is 3.59. The minimum atomic E-state index is -0.622. The highest BCUT2D eigenvalue weighted by molar-refractivity contribution is 7.14. The number of rotatable bonds is 6. The number of imide groups is 1. The monoisotopic (exact) mass is 366 g/mol. The summed E-state index contributed by atoms with van der Waals surface area (Å²) < 4.78 is 5.01. The Kier molecular flexibility index (Phi) is 7.43. The molecule has 0 radical (unpaired) electrons. The van der Waals surface area contributed by atoms with Crippen molar-refractivity contribution in [1.82, 2.24) is 10.6 Å². The normalized spacial score (nSPS) is 14.8. The van der Waals surface area contributed by atoms with Crippen LogP contribution in [0.25, 0.3) is 0 Å². The third-order valence-corrected chi connectivity index (χ3v) is 5.34. The predicted octanol–water partition coefficient (Wildman–Crippen LogP) is 3.32. The molecule has 1 heterocycles. The molecular formula is C18H26N2O4S. The van der Waals surface area contributed by atoms with Gasteiger partial charge in [-0.15, -0.1) is 11.3 Å². The topological polar surface area (TPSA) is 84.5 Å². The summed E-state index contributed by atoms with van der Waals surface area (Å²) >= 11 is 1.37. The number of ether oxygens (including phenoxy) is 1. The van der Waals surface area contributed by atoms with E-state index in [1.54, 1.807) is 0 Å². The predicted molar refractivity (Wildman–Crippen MR) is 96.9 cm³/mol. The maximum absolute atomic E-state index is 12.0. The molecule has 1 aliphatic rings. The highest BCUT2D eigenvalue weighted by atomic mass is 32.1. The van der Waals surface area contributed by atoms with Crippen LogP contribution in [0.2, 0.25) is 0 Å². The number of carbonyl (C=O) groups excluding carboxylic acids is 3.